The Morgan fingerprint density at radius 2 is 2.29 bits per heavy atom. The molecule has 0 aromatic carbocycles. The van der Waals surface area contributed by atoms with Crippen LogP contribution in [0.3, 0.4) is 0 Å². The smallest absolute Gasteiger partial charge is 0.0587 e. The fraction of sp³-hybridized carbons (Fsp3) is 0.615. The molecule has 0 unspecified atom stereocenters. The number of methoxy groups -OCH3 is 1. The van der Waals surface area contributed by atoms with E-state index in [1.165, 1.54) is 18.5 Å². The first-order valence-electron chi connectivity index (χ1n) is 6.04. The summed E-state index contributed by atoms with van der Waals surface area (Å²) in [6, 6.07) is 4.18. The molecule has 1 heterocycles. The van der Waals surface area contributed by atoms with Crippen LogP contribution in [0.25, 0.3) is 0 Å². The molecule has 0 amide bonds. The van der Waals surface area contributed by atoms with Gasteiger partial charge in [0.1, 0.15) is 0 Å². The Kier molecular flexibility index (Phi) is 4.54. The summed E-state index contributed by atoms with van der Waals surface area (Å²) in [6.45, 7) is 2.80. The van der Waals surface area contributed by atoms with Crippen molar-refractivity contribution in [3.05, 3.63) is 28.5 Å². The van der Waals surface area contributed by atoms with Gasteiger partial charge < -0.3 is 10.1 Å². The highest BCUT2D eigenvalue weighted by molar-refractivity contribution is 9.10. The van der Waals surface area contributed by atoms with Crippen molar-refractivity contribution in [2.24, 2.45) is 5.41 Å². The maximum absolute atomic E-state index is 5.03. The summed E-state index contributed by atoms with van der Waals surface area (Å²) in [7, 11) is 1.74. The van der Waals surface area contributed by atoms with E-state index in [2.05, 4.69) is 38.4 Å². The van der Waals surface area contributed by atoms with Gasteiger partial charge >= 0.3 is 0 Å². The van der Waals surface area contributed by atoms with E-state index in [0.717, 1.165) is 30.6 Å². The molecule has 3 nitrogen and oxygen atoms in total. The average Bonchev–Trinajstić information content (AvgIpc) is 3.08. The van der Waals surface area contributed by atoms with E-state index in [4.69, 9.17) is 4.74 Å². The Bertz CT molecular complexity index is 349. The summed E-state index contributed by atoms with van der Waals surface area (Å²) in [5, 5.41) is 3.46. The van der Waals surface area contributed by atoms with Crippen LogP contribution in [0.15, 0.2) is 22.8 Å². The zero-order valence-electron chi connectivity index (χ0n) is 10.2. The Hall–Kier alpha value is -0.450. The van der Waals surface area contributed by atoms with E-state index in [1.807, 2.05) is 6.20 Å². The van der Waals surface area contributed by atoms with Crippen LogP contribution >= 0.6 is 15.9 Å². The molecular weight excluding hydrogens is 280 g/mol. The Morgan fingerprint density at radius 3 is 2.88 bits per heavy atom. The Balaban J connectivity index is 1.79. The SMILES string of the molecule is COCCNCC1(Cc2ccc(Br)cn2)CC1. The molecule has 17 heavy (non-hydrogen) atoms. The molecule has 1 aliphatic rings. The third kappa shape index (κ3) is 4.05. The highest BCUT2D eigenvalue weighted by Crippen LogP contribution is 2.47. The summed E-state index contributed by atoms with van der Waals surface area (Å²) in [6.07, 6.45) is 5.58. The zero-order chi connectivity index (χ0) is 12.1. The van der Waals surface area contributed by atoms with Crippen LogP contribution in [-0.4, -0.2) is 31.8 Å². The van der Waals surface area contributed by atoms with Crippen molar-refractivity contribution in [1.29, 1.82) is 0 Å². The maximum Gasteiger partial charge on any atom is 0.0587 e. The number of pyridine rings is 1. The van der Waals surface area contributed by atoms with Gasteiger partial charge in [0.05, 0.1) is 6.61 Å². The first-order valence-corrected chi connectivity index (χ1v) is 6.83. The number of hydrogen-bond acceptors (Lipinski definition) is 3. The molecule has 0 radical (unpaired) electrons. The van der Waals surface area contributed by atoms with E-state index >= 15 is 0 Å². The van der Waals surface area contributed by atoms with E-state index in [9.17, 15) is 0 Å². The van der Waals surface area contributed by atoms with E-state index < -0.39 is 0 Å². The Morgan fingerprint density at radius 1 is 1.47 bits per heavy atom. The lowest BCUT2D eigenvalue weighted by molar-refractivity contribution is 0.197. The standard InChI is InChI=1S/C13H19BrN2O/c1-17-7-6-15-10-13(4-5-13)8-12-3-2-11(14)9-16-12/h2-3,9,15H,4-8,10H2,1H3. The van der Waals surface area contributed by atoms with Crippen LogP contribution in [0.4, 0.5) is 0 Å². The van der Waals surface area contributed by atoms with Crippen LogP contribution in [0.5, 0.6) is 0 Å². The lowest BCUT2D eigenvalue weighted by atomic mass is 10.00. The van der Waals surface area contributed by atoms with Crippen molar-refractivity contribution in [2.75, 3.05) is 26.8 Å². The molecule has 1 fully saturated rings. The van der Waals surface area contributed by atoms with Crippen molar-refractivity contribution in [2.45, 2.75) is 19.3 Å². The number of rotatable bonds is 7. The van der Waals surface area contributed by atoms with Gasteiger partial charge in [-0.1, -0.05) is 0 Å². The molecule has 1 N–H and O–H groups in total. The zero-order valence-corrected chi connectivity index (χ0v) is 11.8. The molecule has 1 saturated carbocycles. The summed E-state index contributed by atoms with van der Waals surface area (Å²) in [5.74, 6) is 0. The van der Waals surface area contributed by atoms with Gasteiger partial charge in [-0.3, -0.25) is 4.98 Å². The first kappa shape index (κ1) is 13.0. The molecule has 1 aromatic rings. The lowest BCUT2D eigenvalue weighted by Crippen LogP contribution is -2.28. The molecule has 0 spiro atoms. The first-order chi connectivity index (χ1) is 8.24. The van der Waals surface area contributed by atoms with Crippen molar-refractivity contribution in [3.8, 4) is 0 Å². The average molecular weight is 299 g/mol. The minimum Gasteiger partial charge on any atom is -0.383 e. The summed E-state index contributed by atoms with van der Waals surface area (Å²) >= 11 is 3.41. The van der Waals surface area contributed by atoms with Crippen LogP contribution < -0.4 is 5.32 Å². The van der Waals surface area contributed by atoms with Gasteiger partial charge in [0.15, 0.2) is 0 Å². The molecular formula is C13H19BrN2O. The molecule has 4 heteroatoms. The fourth-order valence-corrected chi connectivity index (χ4v) is 2.25. The van der Waals surface area contributed by atoms with Gasteiger partial charge in [0.25, 0.3) is 0 Å². The second-order valence-electron chi connectivity index (χ2n) is 4.81. The number of nitrogens with zero attached hydrogens (tertiary/aromatic N) is 1. The van der Waals surface area contributed by atoms with Crippen molar-refractivity contribution in [3.63, 3.8) is 0 Å². The van der Waals surface area contributed by atoms with Gasteiger partial charge in [0.2, 0.25) is 0 Å². The third-order valence-electron chi connectivity index (χ3n) is 3.28. The van der Waals surface area contributed by atoms with Gasteiger partial charge in [-0.25, -0.2) is 0 Å². The van der Waals surface area contributed by atoms with Crippen molar-refractivity contribution < 1.29 is 4.74 Å². The summed E-state index contributed by atoms with van der Waals surface area (Å²) in [4.78, 5) is 4.45. The highest BCUT2D eigenvalue weighted by atomic mass is 79.9. The molecule has 2 rings (SSSR count). The van der Waals surface area contributed by atoms with Crippen molar-refractivity contribution in [1.82, 2.24) is 10.3 Å². The van der Waals surface area contributed by atoms with Gasteiger partial charge in [0, 0.05) is 36.6 Å². The minimum absolute atomic E-state index is 0.453. The second kappa shape index (κ2) is 5.94. The monoisotopic (exact) mass is 298 g/mol. The molecule has 0 aliphatic heterocycles. The molecule has 0 atom stereocenters. The number of halogens is 1. The molecule has 1 aliphatic carbocycles. The summed E-state index contributed by atoms with van der Waals surface area (Å²) < 4.78 is 6.07. The quantitative estimate of drug-likeness (QED) is 0.785. The number of hydrogen-bond donors (Lipinski definition) is 1. The lowest BCUT2D eigenvalue weighted by Gasteiger charge is -2.15. The predicted molar refractivity (Wildman–Crippen MR) is 72.1 cm³/mol. The normalized spacial score (nSPS) is 17.1. The summed E-state index contributed by atoms with van der Waals surface area (Å²) in [5.41, 5.74) is 1.65. The molecule has 0 bridgehead atoms. The van der Waals surface area contributed by atoms with Gasteiger partial charge in [-0.05, 0) is 52.7 Å². The molecule has 0 saturated heterocycles. The third-order valence-corrected chi connectivity index (χ3v) is 3.75. The fourth-order valence-electron chi connectivity index (χ4n) is 2.02. The van der Waals surface area contributed by atoms with E-state index in [-0.39, 0.29) is 0 Å². The molecule has 1 aromatic heterocycles. The van der Waals surface area contributed by atoms with Crippen molar-refractivity contribution >= 4 is 15.9 Å². The van der Waals surface area contributed by atoms with Crippen LogP contribution in [0.2, 0.25) is 0 Å². The maximum atomic E-state index is 5.03. The van der Waals surface area contributed by atoms with Gasteiger partial charge in [-0.15, -0.1) is 0 Å². The Labute approximate surface area is 111 Å². The highest BCUT2D eigenvalue weighted by Gasteiger charge is 2.42. The molecule has 94 valence electrons. The number of nitrogens with one attached hydrogen (secondary N) is 1. The van der Waals surface area contributed by atoms with Crippen LogP contribution in [0, 0.1) is 5.41 Å². The van der Waals surface area contributed by atoms with Gasteiger partial charge in [-0.2, -0.15) is 0 Å². The van der Waals surface area contributed by atoms with Crippen LogP contribution in [-0.2, 0) is 11.2 Å². The minimum atomic E-state index is 0.453. The number of ether oxygens (including phenoxy) is 1. The predicted octanol–water partition coefficient (Wildman–Crippen LogP) is 2.40. The second-order valence-corrected chi connectivity index (χ2v) is 5.73. The van der Waals surface area contributed by atoms with E-state index in [1.54, 1.807) is 7.11 Å². The topological polar surface area (TPSA) is 34.1 Å². The van der Waals surface area contributed by atoms with E-state index in [0.29, 0.717) is 5.41 Å². The van der Waals surface area contributed by atoms with Crippen LogP contribution in [0.1, 0.15) is 18.5 Å². The largest absolute Gasteiger partial charge is 0.383 e. The number of aromatic nitrogens is 1.